The molecule has 1 aliphatic heterocycles. The zero-order valence-corrected chi connectivity index (χ0v) is 12.5. The van der Waals surface area contributed by atoms with Crippen molar-refractivity contribution in [2.75, 3.05) is 13.1 Å². The number of benzene rings is 2. The van der Waals surface area contributed by atoms with Gasteiger partial charge in [0, 0.05) is 11.5 Å². The van der Waals surface area contributed by atoms with E-state index in [0.717, 1.165) is 6.04 Å². The topological polar surface area (TPSA) is 3.24 Å². The van der Waals surface area contributed by atoms with Gasteiger partial charge in [0.2, 0.25) is 0 Å². The van der Waals surface area contributed by atoms with E-state index in [4.69, 9.17) is 0 Å². The van der Waals surface area contributed by atoms with E-state index in [0.29, 0.717) is 5.41 Å². The molecule has 1 nitrogen and oxygen atoms in total. The van der Waals surface area contributed by atoms with Crippen LogP contribution in [0.2, 0.25) is 0 Å². The second-order valence-corrected chi connectivity index (χ2v) is 6.65. The lowest BCUT2D eigenvalue weighted by atomic mass is 9.88. The van der Waals surface area contributed by atoms with Crippen molar-refractivity contribution in [1.29, 1.82) is 0 Å². The van der Waals surface area contributed by atoms with Gasteiger partial charge in [-0.05, 0) is 49.9 Å². The van der Waals surface area contributed by atoms with Crippen molar-refractivity contribution in [3.63, 3.8) is 0 Å². The third-order valence-corrected chi connectivity index (χ3v) is 5.33. The molecule has 2 aromatic rings. The summed E-state index contributed by atoms with van der Waals surface area (Å²) in [7, 11) is 0. The monoisotopic (exact) mass is 277 g/mol. The molecule has 2 aliphatic rings. The van der Waals surface area contributed by atoms with E-state index in [1.54, 1.807) is 0 Å². The fourth-order valence-electron chi connectivity index (χ4n) is 4.15. The third-order valence-electron chi connectivity index (χ3n) is 5.33. The Bertz CT molecular complexity index is 586. The zero-order valence-electron chi connectivity index (χ0n) is 12.5. The fourth-order valence-corrected chi connectivity index (χ4v) is 4.15. The fraction of sp³-hybridized carbons (Fsp3) is 0.400. The summed E-state index contributed by atoms with van der Waals surface area (Å²) in [5.41, 5.74) is 3.36. The van der Waals surface area contributed by atoms with Crippen LogP contribution in [0.25, 0.3) is 0 Å². The summed E-state index contributed by atoms with van der Waals surface area (Å²) in [6.07, 6.45) is 5.27. The summed E-state index contributed by atoms with van der Waals surface area (Å²) in [5, 5.41) is 0. The number of hydrogen-bond acceptors (Lipinski definition) is 1. The first-order valence-electron chi connectivity index (χ1n) is 8.22. The van der Waals surface area contributed by atoms with Crippen molar-refractivity contribution in [2.45, 2.75) is 37.1 Å². The Kier molecular flexibility index (Phi) is 3.31. The summed E-state index contributed by atoms with van der Waals surface area (Å²) < 4.78 is 0. The predicted molar refractivity (Wildman–Crippen MR) is 87.5 cm³/mol. The molecule has 0 aromatic heterocycles. The molecule has 2 atom stereocenters. The molecule has 1 saturated carbocycles. The van der Waals surface area contributed by atoms with Gasteiger partial charge in [0.1, 0.15) is 0 Å². The van der Waals surface area contributed by atoms with Crippen LogP contribution in [0.3, 0.4) is 0 Å². The van der Waals surface area contributed by atoms with Crippen molar-refractivity contribution in [3.05, 3.63) is 71.8 Å². The molecule has 1 aliphatic carbocycles. The van der Waals surface area contributed by atoms with Gasteiger partial charge in [0.05, 0.1) is 0 Å². The lowest BCUT2D eigenvalue weighted by Crippen LogP contribution is -2.30. The molecule has 0 spiro atoms. The van der Waals surface area contributed by atoms with Crippen molar-refractivity contribution < 1.29 is 0 Å². The van der Waals surface area contributed by atoms with Gasteiger partial charge in [-0.3, -0.25) is 4.90 Å². The Labute approximate surface area is 127 Å². The zero-order chi connectivity index (χ0) is 14.1. The number of nitrogens with zero attached hydrogens (tertiary/aromatic N) is 1. The summed E-state index contributed by atoms with van der Waals surface area (Å²) in [4.78, 5) is 2.73. The highest BCUT2D eigenvalue weighted by Crippen LogP contribution is 2.54. The molecule has 0 radical (unpaired) electrons. The Hall–Kier alpha value is -1.60. The third kappa shape index (κ3) is 2.40. The lowest BCUT2D eigenvalue weighted by molar-refractivity contribution is 0.300. The summed E-state index contributed by atoms with van der Waals surface area (Å²) in [5.74, 6) is 0. The maximum absolute atomic E-state index is 2.73. The molecule has 108 valence electrons. The number of likely N-dealkylation sites (tertiary alicyclic amines) is 1. The highest BCUT2D eigenvalue weighted by molar-refractivity contribution is 5.39. The molecule has 0 amide bonds. The average Bonchev–Trinajstić information content (AvgIpc) is 3.02. The molecule has 2 fully saturated rings. The molecule has 1 saturated heterocycles. The van der Waals surface area contributed by atoms with E-state index >= 15 is 0 Å². The molecular weight excluding hydrogens is 254 g/mol. The van der Waals surface area contributed by atoms with E-state index in [2.05, 4.69) is 65.6 Å². The molecule has 2 aromatic carbocycles. The van der Waals surface area contributed by atoms with E-state index < -0.39 is 0 Å². The SMILES string of the molecule is c1ccc(CC2(c3ccccc3)CC2N2CCCC2)cc1. The maximum Gasteiger partial charge on any atom is 0.0205 e. The average molecular weight is 277 g/mol. The second kappa shape index (κ2) is 5.31. The molecule has 0 N–H and O–H groups in total. The van der Waals surface area contributed by atoms with E-state index in [1.165, 1.54) is 49.9 Å². The molecule has 2 unspecified atom stereocenters. The van der Waals surface area contributed by atoms with Gasteiger partial charge in [0.15, 0.2) is 0 Å². The van der Waals surface area contributed by atoms with Crippen LogP contribution in [0, 0.1) is 0 Å². The first-order chi connectivity index (χ1) is 10.4. The van der Waals surface area contributed by atoms with Crippen LogP contribution in [0.5, 0.6) is 0 Å². The number of hydrogen-bond donors (Lipinski definition) is 0. The van der Waals surface area contributed by atoms with Crippen LogP contribution in [0.1, 0.15) is 30.4 Å². The lowest BCUT2D eigenvalue weighted by Gasteiger charge is -2.23. The minimum atomic E-state index is 0.354. The van der Waals surface area contributed by atoms with Gasteiger partial charge in [0.25, 0.3) is 0 Å². The van der Waals surface area contributed by atoms with Crippen molar-refractivity contribution in [1.82, 2.24) is 4.90 Å². The summed E-state index contributed by atoms with van der Waals surface area (Å²) in [6, 6.07) is 23.0. The molecule has 4 rings (SSSR count). The molecule has 1 heteroatoms. The van der Waals surface area contributed by atoms with Crippen molar-refractivity contribution >= 4 is 0 Å². The highest BCUT2D eigenvalue weighted by Gasteiger charge is 2.57. The van der Waals surface area contributed by atoms with Crippen molar-refractivity contribution in [3.8, 4) is 0 Å². The van der Waals surface area contributed by atoms with Crippen LogP contribution in [0.15, 0.2) is 60.7 Å². The van der Waals surface area contributed by atoms with Gasteiger partial charge in [-0.1, -0.05) is 60.7 Å². The standard InChI is InChI=1S/C20H23N/c1-3-9-17(10-4-1)15-20(18-11-5-2-6-12-18)16-19(20)21-13-7-8-14-21/h1-6,9-12,19H,7-8,13-16H2. The van der Waals surface area contributed by atoms with Crippen LogP contribution in [-0.2, 0) is 11.8 Å². The molecule has 21 heavy (non-hydrogen) atoms. The first-order valence-corrected chi connectivity index (χ1v) is 8.22. The van der Waals surface area contributed by atoms with E-state index in [-0.39, 0.29) is 0 Å². The van der Waals surface area contributed by atoms with Gasteiger partial charge >= 0.3 is 0 Å². The summed E-state index contributed by atoms with van der Waals surface area (Å²) >= 11 is 0. The van der Waals surface area contributed by atoms with Crippen LogP contribution >= 0.6 is 0 Å². The van der Waals surface area contributed by atoms with Gasteiger partial charge in [-0.2, -0.15) is 0 Å². The Morgan fingerprint density at radius 2 is 1.48 bits per heavy atom. The summed E-state index contributed by atoms with van der Waals surface area (Å²) in [6.45, 7) is 2.60. The van der Waals surface area contributed by atoms with Gasteiger partial charge in [-0.25, -0.2) is 0 Å². The molecular formula is C20H23N. The maximum atomic E-state index is 2.73. The van der Waals surface area contributed by atoms with Crippen LogP contribution < -0.4 is 0 Å². The first kappa shape index (κ1) is 13.1. The van der Waals surface area contributed by atoms with Crippen LogP contribution in [-0.4, -0.2) is 24.0 Å². The van der Waals surface area contributed by atoms with Gasteiger partial charge < -0.3 is 0 Å². The minimum Gasteiger partial charge on any atom is -0.299 e. The van der Waals surface area contributed by atoms with E-state index in [1.807, 2.05) is 0 Å². The predicted octanol–water partition coefficient (Wildman–Crippen LogP) is 4.04. The van der Waals surface area contributed by atoms with Crippen molar-refractivity contribution in [2.24, 2.45) is 0 Å². The van der Waals surface area contributed by atoms with E-state index in [9.17, 15) is 0 Å². The Morgan fingerprint density at radius 3 is 2.14 bits per heavy atom. The number of rotatable bonds is 4. The normalized spacial score (nSPS) is 28.7. The Balaban J connectivity index is 1.64. The second-order valence-electron chi connectivity index (χ2n) is 6.65. The smallest absolute Gasteiger partial charge is 0.0205 e. The van der Waals surface area contributed by atoms with Gasteiger partial charge in [-0.15, -0.1) is 0 Å². The molecule has 1 heterocycles. The quantitative estimate of drug-likeness (QED) is 0.815. The van der Waals surface area contributed by atoms with Crippen LogP contribution in [0.4, 0.5) is 0 Å². The minimum absolute atomic E-state index is 0.354. The highest BCUT2D eigenvalue weighted by atomic mass is 15.2. The largest absolute Gasteiger partial charge is 0.299 e. The Morgan fingerprint density at radius 1 is 0.857 bits per heavy atom. The molecule has 0 bridgehead atoms.